The van der Waals surface area contributed by atoms with Crippen LogP contribution in [-0.4, -0.2) is 32.5 Å². The zero-order chi connectivity index (χ0) is 23.0. The summed E-state index contributed by atoms with van der Waals surface area (Å²) < 4.78 is 105. The van der Waals surface area contributed by atoms with Crippen molar-refractivity contribution in [2.75, 3.05) is 10.6 Å². The van der Waals surface area contributed by atoms with E-state index < -0.39 is 51.9 Å². The summed E-state index contributed by atoms with van der Waals surface area (Å²) in [4.78, 5) is 0. The lowest BCUT2D eigenvalue weighted by Crippen LogP contribution is -2.31. The number of rotatable bonds is 6. The van der Waals surface area contributed by atoms with Gasteiger partial charge in [0.25, 0.3) is 6.43 Å². The molecule has 1 aliphatic rings. The lowest BCUT2D eigenvalue weighted by Gasteiger charge is -2.26. The van der Waals surface area contributed by atoms with E-state index in [4.69, 9.17) is 0 Å². The molecular formula is C19H15F6N3O2S. The summed E-state index contributed by atoms with van der Waals surface area (Å²) in [5.41, 5.74) is -2.25. The van der Waals surface area contributed by atoms with E-state index in [1.165, 1.54) is 18.2 Å². The highest BCUT2D eigenvalue weighted by Crippen LogP contribution is 2.38. The molecule has 0 bridgehead atoms. The van der Waals surface area contributed by atoms with Crippen LogP contribution in [0.3, 0.4) is 0 Å². The number of para-hydroxylation sites is 1. The minimum Gasteiger partial charge on any atom is -0.265 e. The third kappa shape index (κ3) is 5.06. The van der Waals surface area contributed by atoms with Crippen molar-refractivity contribution in [2.24, 2.45) is 10.2 Å². The zero-order valence-electron chi connectivity index (χ0n) is 15.9. The highest BCUT2D eigenvalue weighted by Gasteiger charge is 2.36. The summed E-state index contributed by atoms with van der Waals surface area (Å²) in [5.74, 6) is -0.927. The minimum atomic E-state index is -4.83. The summed E-state index contributed by atoms with van der Waals surface area (Å²) in [5, 5.41) is 6.93. The Bertz CT molecular complexity index is 1160. The molecule has 2 aromatic rings. The molecule has 0 atom stereocenters. The molecule has 12 heteroatoms. The van der Waals surface area contributed by atoms with E-state index in [-0.39, 0.29) is 23.3 Å². The Hall–Kier alpha value is -2.89. The number of alkyl halides is 5. The second-order valence-corrected chi connectivity index (χ2v) is 8.61. The lowest BCUT2D eigenvalue weighted by atomic mass is 10.0. The van der Waals surface area contributed by atoms with E-state index in [0.29, 0.717) is 10.6 Å². The van der Waals surface area contributed by atoms with Gasteiger partial charge in [-0.2, -0.15) is 23.4 Å². The van der Waals surface area contributed by atoms with Crippen LogP contribution in [0.25, 0.3) is 0 Å². The normalized spacial score (nSPS) is 14.6. The van der Waals surface area contributed by atoms with E-state index in [9.17, 15) is 34.8 Å². The Morgan fingerprint density at radius 3 is 2.32 bits per heavy atom. The van der Waals surface area contributed by atoms with Crippen molar-refractivity contribution in [1.29, 1.82) is 0 Å². The second kappa shape index (κ2) is 8.33. The van der Waals surface area contributed by atoms with Crippen molar-refractivity contribution < 1.29 is 34.8 Å². The van der Waals surface area contributed by atoms with E-state index in [2.05, 4.69) is 10.2 Å². The molecule has 0 radical (unpaired) electrons. The minimum absolute atomic E-state index is 0.100. The third-order valence-corrected chi connectivity index (χ3v) is 5.60. The molecule has 3 rings (SSSR count). The highest BCUT2D eigenvalue weighted by molar-refractivity contribution is 7.92. The van der Waals surface area contributed by atoms with E-state index in [0.717, 1.165) is 24.3 Å². The van der Waals surface area contributed by atoms with E-state index in [1.807, 2.05) is 0 Å². The first-order valence-electron chi connectivity index (χ1n) is 8.72. The fourth-order valence-corrected chi connectivity index (χ4v) is 3.86. The third-order valence-electron chi connectivity index (χ3n) is 4.48. The molecular weight excluding hydrogens is 448 g/mol. The Morgan fingerprint density at radius 1 is 1.10 bits per heavy atom. The predicted molar refractivity (Wildman–Crippen MR) is 103 cm³/mol. The summed E-state index contributed by atoms with van der Waals surface area (Å²) in [6.07, 6.45) is -7.19. The molecule has 0 aromatic heterocycles. The van der Waals surface area contributed by atoms with Crippen LogP contribution in [0.15, 0.2) is 52.7 Å². The first-order valence-corrected chi connectivity index (χ1v) is 10.6. The number of halogens is 6. The molecule has 0 unspecified atom stereocenters. The van der Waals surface area contributed by atoms with Gasteiger partial charge in [0.05, 0.1) is 29.8 Å². The molecule has 5 nitrogen and oxygen atoms in total. The van der Waals surface area contributed by atoms with Crippen LogP contribution in [0.5, 0.6) is 0 Å². The van der Waals surface area contributed by atoms with Crippen LogP contribution >= 0.6 is 0 Å². The smallest absolute Gasteiger partial charge is 0.265 e. The van der Waals surface area contributed by atoms with Crippen LogP contribution in [0.4, 0.5) is 32.0 Å². The number of benzene rings is 2. The molecule has 2 aromatic carbocycles. The predicted octanol–water partition coefficient (Wildman–Crippen LogP) is 4.62. The zero-order valence-corrected chi connectivity index (χ0v) is 16.7. The average molecular weight is 463 g/mol. The summed E-state index contributed by atoms with van der Waals surface area (Å²) in [7, 11) is -4.22. The molecule has 1 heterocycles. The van der Waals surface area contributed by atoms with Crippen molar-refractivity contribution in [3.8, 4) is 0 Å². The molecule has 0 saturated heterocycles. The Labute approximate surface area is 173 Å². The van der Waals surface area contributed by atoms with Gasteiger partial charge in [-0.1, -0.05) is 24.3 Å². The molecule has 0 fully saturated rings. The first kappa shape index (κ1) is 22.8. The van der Waals surface area contributed by atoms with E-state index in [1.54, 1.807) is 0 Å². The SMILES string of the molecule is CS(=O)(=O)N(Cc1ccc(C2=NN=C(C(F)F)C2)cc1F)c1ccccc1C(F)(F)F. The van der Waals surface area contributed by atoms with Gasteiger partial charge < -0.3 is 0 Å². The van der Waals surface area contributed by atoms with E-state index >= 15 is 0 Å². The van der Waals surface area contributed by atoms with Crippen LogP contribution in [0.2, 0.25) is 0 Å². The fraction of sp³-hybridized carbons (Fsp3) is 0.263. The second-order valence-electron chi connectivity index (χ2n) is 6.71. The maximum Gasteiger partial charge on any atom is 0.418 e. The largest absolute Gasteiger partial charge is 0.418 e. The van der Waals surface area contributed by atoms with Gasteiger partial charge in [-0.25, -0.2) is 21.6 Å². The lowest BCUT2D eigenvalue weighted by molar-refractivity contribution is -0.137. The van der Waals surface area contributed by atoms with Crippen LogP contribution in [-0.2, 0) is 22.7 Å². The Morgan fingerprint density at radius 2 is 1.77 bits per heavy atom. The fourth-order valence-electron chi connectivity index (χ4n) is 2.97. The quantitative estimate of drug-likeness (QED) is 0.587. The molecule has 0 saturated carbocycles. The molecule has 1 aliphatic heterocycles. The van der Waals surface area contributed by atoms with Gasteiger partial charge in [0.2, 0.25) is 10.0 Å². The number of hydrogen-bond acceptors (Lipinski definition) is 4. The van der Waals surface area contributed by atoms with Crippen molar-refractivity contribution in [3.05, 3.63) is 65.0 Å². The number of nitrogens with zero attached hydrogens (tertiary/aromatic N) is 3. The average Bonchev–Trinajstić information content (AvgIpc) is 3.16. The van der Waals surface area contributed by atoms with Gasteiger partial charge in [0.15, 0.2) is 0 Å². The molecule has 0 amide bonds. The van der Waals surface area contributed by atoms with Crippen molar-refractivity contribution in [1.82, 2.24) is 0 Å². The summed E-state index contributed by atoms with van der Waals surface area (Å²) >= 11 is 0. The monoisotopic (exact) mass is 463 g/mol. The molecule has 0 aliphatic carbocycles. The molecule has 31 heavy (non-hydrogen) atoms. The van der Waals surface area contributed by atoms with Gasteiger partial charge in [-0.05, 0) is 18.2 Å². The number of hydrogen-bond donors (Lipinski definition) is 0. The van der Waals surface area contributed by atoms with Gasteiger partial charge >= 0.3 is 6.18 Å². The molecule has 0 spiro atoms. The van der Waals surface area contributed by atoms with Gasteiger partial charge in [-0.3, -0.25) is 4.31 Å². The van der Waals surface area contributed by atoms with Gasteiger partial charge in [-0.15, -0.1) is 0 Å². The van der Waals surface area contributed by atoms with Gasteiger partial charge in [0, 0.05) is 17.5 Å². The van der Waals surface area contributed by atoms with Crippen molar-refractivity contribution in [2.45, 2.75) is 25.6 Å². The van der Waals surface area contributed by atoms with Crippen LogP contribution in [0.1, 0.15) is 23.1 Å². The Balaban J connectivity index is 1.93. The maximum atomic E-state index is 14.7. The van der Waals surface area contributed by atoms with Crippen molar-refractivity contribution >= 4 is 27.1 Å². The van der Waals surface area contributed by atoms with Crippen LogP contribution in [0, 0.1) is 5.82 Å². The van der Waals surface area contributed by atoms with Crippen LogP contribution < -0.4 is 4.31 Å². The Kier molecular flexibility index (Phi) is 6.12. The maximum absolute atomic E-state index is 14.7. The summed E-state index contributed by atoms with van der Waals surface area (Å²) in [6, 6.07) is 7.49. The highest BCUT2D eigenvalue weighted by atomic mass is 32.2. The summed E-state index contributed by atoms with van der Waals surface area (Å²) in [6.45, 7) is -0.705. The molecule has 0 N–H and O–H groups in total. The number of anilines is 1. The first-order chi connectivity index (χ1) is 14.4. The standard InChI is InChI=1S/C19H15F6N3O2S/c1-31(29,30)28(17-5-3-2-4-13(17)19(23,24)25)10-12-7-6-11(8-14(12)20)15-9-16(18(21)22)27-26-15/h2-8,18H,9-10H2,1H3. The molecule has 166 valence electrons. The number of sulfonamides is 1. The topological polar surface area (TPSA) is 62.1 Å². The van der Waals surface area contributed by atoms with Gasteiger partial charge in [0.1, 0.15) is 11.5 Å². The van der Waals surface area contributed by atoms with Crippen molar-refractivity contribution in [3.63, 3.8) is 0 Å².